The first kappa shape index (κ1) is 13.0. The largest absolute Gasteiger partial charge is 0.362 e. The fourth-order valence-electron chi connectivity index (χ4n) is 2.48. The molecule has 90 valence electrons. The highest BCUT2D eigenvalue weighted by molar-refractivity contribution is 4.90. The van der Waals surface area contributed by atoms with Crippen molar-refractivity contribution in [2.24, 2.45) is 5.41 Å². The average molecular weight is 213 g/mol. The van der Waals surface area contributed by atoms with Crippen LogP contribution in [0.5, 0.6) is 0 Å². The van der Waals surface area contributed by atoms with Crippen LogP contribution in [0.2, 0.25) is 0 Å². The highest BCUT2D eigenvalue weighted by Crippen LogP contribution is 2.35. The lowest BCUT2D eigenvalue weighted by Gasteiger charge is -2.52. The molecule has 2 unspecified atom stereocenters. The van der Waals surface area contributed by atoms with Gasteiger partial charge >= 0.3 is 0 Å². The molecule has 1 aliphatic rings. The summed E-state index contributed by atoms with van der Waals surface area (Å²) in [6, 6.07) is 0.614. The lowest BCUT2D eigenvalue weighted by Crippen LogP contribution is -2.60. The molecule has 0 N–H and O–H groups in total. The van der Waals surface area contributed by atoms with Crippen molar-refractivity contribution in [3.63, 3.8) is 0 Å². The Morgan fingerprint density at radius 3 is 1.93 bits per heavy atom. The van der Waals surface area contributed by atoms with Crippen molar-refractivity contribution in [2.45, 2.75) is 72.7 Å². The second kappa shape index (κ2) is 4.06. The molecule has 0 aliphatic carbocycles. The molecule has 2 heteroatoms. The van der Waals surface area contributed by atoms with Crippen LogP contribution in [0.25, 0.3) is 0 Å². The van der Waals surface area contributed by atoms with Crippen LogP contribution in [0.4, 0.5) is 0 Å². The van der Waals surface area contributed by atoms with Gasteiger partial charge in [0.1, 0.15) is 6.23 Å². The van der Waals surface area contributed by atoms with E-state index < -0.39 is 0 Å². The summed E-state index contributed by atoms with van der Waals surface area (Å²) in [6.07, 6.45) is 1.38. The number of ether oxygens (including phenoxy) is 1. The summed E-state index contributed by atoms with van der Waals surface area (Å²) < 4.78 is 5.98. The zero-order valence-corrected chi connectivity index (χ0v) is 11.4. The fourth-order valence-corrected chi connectivity index (χ4v) is 2.48. The molecule has 1 aliphatic heterocycles. The van der Waals surface area contributed by atoms with Gasteiger partial charge in [0.15, 0.2) is 0 Å². The van der Waals surface area contributed by atoms with Crippen molar-refractivity contribution in [2.75, 3.05) is 6.61 Å². The normalized spacial score (nSPS) is 30.6. The maximum atomic E-state index is 5.98. The van der Waals surface area contributed by atoms with E-state index >= 15 is 0 Å². The van der Waals surface area contributed by atoms with E-state index in [0.717, 1.165) is 13.0 Å². The molecule has 1 heterocycles. The number of rotatable bonds is 0. The van der Waals surface area contributed by atoms with E-state index in [1.54, 1.807) is 0 Å². The zero-order valence-electron chi connectivity index (χ0n) is 11.4. The molecular formula is C13H27NO. The SMILES string of the molecule is CC1CCOC(C(C)(C)C)N1C(C)(C)C. The van der Waals surface area contributed by atoms with Crippen molar-refractivity contribution >= 4 is 0 Å². The van der Waals surface area contributed by atoms with Crippen molar-refractivity contribution in [3.8, 4) is 0 Å². The van der Waals surface area contributed by atoms with E-state index in [-0.39, 0.29) is 17.2 Å². The Balaban J connectivity index is 2.93. The maximum Gasteiger partial charge on any atom is 0.116 e. The summed E-state index contributed by atoms with van der Waals surface area (Å²) in [4.78, 5) is 2.52. The molecule has 15 heavy (non-hydrogen) atoms. The molecule has 0 radical (unpaired) electrons. The van der Waals surface area contributed by atoms with Gasteiger partial charge in [-0.15, -0.1) is 0 Å². The number of hydrogen-bond donors (Lipinski definition) is 0. The third-order valence-electron chi connectivity index (χ3n) is 3.05. The van der Waals surface area contributed by atoms with Gasteiger partial charge in [-0.25, -0.2) is 0 Å². The van der Waals surface area contributed by atoms with Crippen LogP contribution in [0.1, 0.15) is 54.9 Å². The first-order chi connectivity index (χ1) is 6.64. The molecule has 2 nitrogen and oxygen atoms in total. The molecule has 0 bridgehead atoms. The summed E-state index contributed by atoms with van der Waals surface area (Å²) in [5.41, 5.74) is 0.361. The summed E-state index contributed by atoms with van der Waals surface area (Å²) in [5, 5.41) is 0. The van der Waals surface area contributed by atoms with Gasteiger partial charge in [0.2, 0.25) is 0 Å². The summed E-state index contributed by atoms with van der Waals surface area (Å²) in [7, 11) is 0. The third-order valence-corrected chi connectivity index (χ3v) is 3.05. The number of nitrogens with zero attached hydrogens (tertiary/aromatic N) is 1. The average Bonchev–Trinajstić information content (AvgIpc) is 1.99. The summed E-state index contributed by atoms with van der Waals surface area (Å²) in [6.45, 7) is 16.8. The van der Waals surface area contributed by atoms with Crippen molar-refractivity contribution in [1.82, 2.24) is 4.90 Å². The van der Waals surface area contributed by atoms with E-state index in [4.69, 9.17) is 4.74 Å². The lowest BCUT2D eigenvalue weighted by molar-refractivity contribution is -0.197. The molecular weight excluding hydrogens is 186 g/mol. The smallest absolute Gasteiger partial charge is 0.116 e. The molecule has 0 saturated carbocycles. The Hall–Kier alpha value is -0.0800. The molecule has 0 aromatic rings. The highest BCUT2D eigenvalue weighted by atomic mass is 16.5. The topological polar surface area (TPSA) is 12.5 Å². The minimum atomic E-state index is 0.178. The molecule has 0 spiro atoms. The Labute approximate surface area is 95.0 Å². The van der Waals surface area contributed by atoms with Crippen LogP contribution in [-0.4, -0.2) is 29.3 Å². The van der Waals surface area contributed by atoms with E-state index in [2.05, 4.69) is 53.4 Å². The summed E-state index contributed by atoms with van der Waals surface area (Å²) >= 11 is 0. The van der Waals surface area contributed by atoms with Crippen LogP contribution in [0, 0.1) is 5.41 Å². The maximum absolute atomic E-state index is 5.98. The van der Waals surface area contributed by atoms with Crippen LogP contribution >= 0.6 is 0 Å². The van der Waals surface area contributed by atoms with Gasteiger partial charge in [0.05, 0.1) is 6.61 Å². The van der Waals surface area contributed by atoms with Gasteiger partial charge in [-0.1, -0.05) is 20.8 Å². The Kier molecular flexibility index (Phi) is 3.52. The number of hydrogen-bond acceptors (Lipinski definition) is 2. The zero-order chi connectivity index (χ0) is 11.9. The van der Waals surface area contributed by atoms with Crippen LogP contribution in [0.15, 0.2) is 0 Å². The second-order valence-corrected chi connectivity index (χ2v) is 6.80. The van der Waals surface area contributed by atoms with Gasteiger partial charge in [-0.05, 0) is 34.1 Å². The van der Waals surface area contributed by atoms with Gasteiger partial charge < -0.3 is 4.74 Å². The minimum Gasteiger partial charge on any atom is -0.362 e. The summed E-state index contributed by atoms with van der Waals surface area (Å²) in [5.74, 6) is 0. The molecule has 1 fully saturated rings. The van der Waals surface area contributed by atoms with Gasteiger partial charge in [-0.3, -0.25) is 4.90 Å². The van der Waals surface area contributed by atoms with Crippen molar-refractivity contribution in [3.05, 3.63) is 0 Å². The van der Waals surface area contributed by atoms with E-state index in [1.165, 1.54) is 0 Å². The minimum absolute atomic E-state index is 0.178. The first-order valence-electron chi connectivity index (χ1n) is 6.04. The van der Waals surface area contributed by atoms with Crippen LogP contribution in [-0.2, 0) is 4.74 Å². The Morgan fingerprint density at radius 1 is 1.07 bits per heavy atom. The first-order valence-corrected chi connectivity index (χ1v) is 6.04. The molecule has 1 saturated heterocycles. The predicted octanol–water partition coefficient (Wildman–Crippen LogP) is 3.27. The van der Waals surface area contributed by atoms with Gasteiger partial charge in [-0.2, -0.15) is 0 Å². The Morgan fingerprint density at radius 2 is 1.60 bits per heavy atom. The van der Waals surface area contributed by atoms with Crippen LogP contribution < -0.4 is 0 Å². The molecule has 1 rings (SSSR count). The molecule has 2 atom stereocenters. The Bertz CT molecular complexity index is 212. The van der Waals surface area contributed by atoms with E-state index in [1.807, 2.05) is 0 Å². The fraction of sp³-hybridized carbons (Fsp3) is 1.00. The van der Waals surface area contributed by atoms with E-state index in [0.29, 0.717) is 6.04 Å². The standard InChI is InChI=1S/C13H27NO/c1-10-8-9-15-11(12(2,3)4)14(10)13(5,6)7/h10-11H,8-9H2,1-7H3. The predicted molar refractivity (Wildman–Crippen MR) is 64.9 cm³/mol. The van der Waals surface area contributed by atoms with E-state index in [9.17, 15) is 0 Å². The third kappa shape index (κ3) is 2.94. The highest BCUT2D eigenvalue weighted by Gasteiger charge is 2.41. The van der Waals surface area contributed by atoms with Gasteiger partial charge in [0.25, 0.3) is 0 Å². The lowest BCUT2D eigenvalue weighted by atomic mass is 9.87. The van der Waals surface area contributed by atoms with Gasteiger partial charge in [0, 0.05) is 17.0 Å². The van der Waals surface area contributed by atoms with Crippen molar-refractivity contribution in [1.29, 1.82) is 0 Å². The second-order valence-electron chi connectivity index (χ2n) is 6.80. The monoisotopic (exact) mass is 213 g/mol. The molecule has 0 aromatic carbocycles. The van der Waals surface area contributed by atoms with Crippen molar-refractivity contribution < 1.29 is 4.74 Å². The van der Waals surface area contributed by atoms with Crippen LogP contribution in [0.3, 0.4) is 0 Å². The molecule has 0 amide bonds. The quantitative estimate of drug-likeness (QED) is 0.612. The molecule has 0 aromatic heterocycles.